The SMILES string of the molecule is O=S1(=O)CCCC[C@@H]1CNCc1csnn1. The van der Waals surface area contributed by atoms with Crippen molar-refractivity contribution in [3.8, 4) is 0 Å². The second-order valence-corrected chi connectivity index (χ2v) is 7.02. The molecule has 0 amide bonds. The molecule has 0 saturated carbocycles. The van der Waals surface area contributed by atoms with Crippen LogP contribution < -0.4 is 5.32 Å². The van der Waals surface area contributed by atoms with E-state index in [0.717, 1.165) is 25.0 Å². The van der Waals surface area contributed by atoms with Crippen LogP contribution in [0.2, 0.25) is 0 Å². The number of rotatable bonds is 4. The zero-order chi connectivity index (χ0) is 11.4. The molecule has 5 nitrogen and oxygen atoms in total. The highest BCUT2D eigenvalue weighted by atomic mass is 32.2. The van der Waals surface area contributed by atoms with Crippen molar-refractivity contribution in [2.45, 2.75) is 31.1 Å². The number of nitrogens with zero attached hydrogens (tertiary/aromatic N) is 2. The summed E-state index contributed by atoms with van der Waals surface area (Å²) in [5, 5.41) is 8.68. The summed E-state index contributed by atoms with van der Waals surface area (Å²) >= 11 is 1.31. The zero-order valence-corrected chi connectivity index (χ0v) is 10.6. The second-order valence-electron chi connectivity index (χ2n) is 4.01. The summed E-state index contributed by atoms with van der Waals surface area (Å²) in [6.45, 7) is 1.13. The molecule has 0 bridgehead atoms. The van der Waals surface area contributed by atoms with Gasteiger partial charge in [-0.1, -0.05) is 10.9 Å². The lowest BCUT2D eigenvalue weighted by Crippen LogP contribution is -2.37. The molecule has 1 aromatic rings. The van der Waals surface area contributed by atoms with Crippen molar-refractivity contribution in [3.63, 3.8) is 0 Å². The molecule has 1 atom stereocenters. The molecule has 1 saturated heterocycles. The third kappa shape index (κ3) is 2.99. The first-order chi connectivity index (χ1) is 7.68. The second kappa shape index (κ2) is 5.20. The molecular weight excluding hydrogens is 246 g/mol. The zero-order valence-electron chi connectivity index (χ0n) is 8.92. The third-order valence-corrected chi connectivity index (χ3v) is 5.63. The topological polar surface area (TPSA) is 72.0 Å². The Labute approximate surface area is 99.3 Å². The van der Waals surface area contributed by atoms with E-state index in [9.17, 15) is 8.42 Å². The third-order valence-electron chi connectivity index (χ3n) is 2.80. The van der Waals surface area contributed by atoms with Crippen LogP contribution in [0.15, 0.2) is 5.38 Å². The number of sulfone groups is 1. The minimum atomic E-state index is -2.86. The highest BCUT2D eigenvalue weighted by molar-refractivity contribution is 7.92. The van der Waals surface area contributed by atoms with Gasteiger partial charge in [-0.15, -0.1) is 5.10 Å². The minimum Gasteiger partial charge on any atom is -0.310 e. The van der Waals surface area contributed by atoms with Gasteiger partial charge in [0.05, 0.1) is 16.7 Å². The molecule has 0 radical (unpaired) electrons. The Morgan fingerprint density at radius 3 is 3.06 bits per heavy atom. The van der Waals surface area contributed by atoms with Crippen molar-refractivity contribution < 1.29 is 8.42 Å². The maximum atomic E-state index is 11.7. The molecular formula is C9H15N3O2S2. The summed E-state index contributed by atoms with van der Waals surface area (Å²) < 4.78 is 27.2. The summed E-state index contributed by atoms with van der Waals surface area (Å²) in [7, 11) is -2.86. The van der Waals surface area contributed by atoms with Gasteiger partial charge in [0.1, 0.15) is 0 Å². The van der Waals surface area contributed by atoms with Gasteiger partial charge in [-0.2, -0.15) is 0 Å². The fraction of sp³-hybridized carbons (Fsp3) is 0.778. The average Bonchev–Trinajstić information content (AvgIpc) is 2.73. The molecule has 1 aromatic heterocycles. The van der Waals surface area contributed by atoms with E-state index in [1.807, 2.05) is 5.38 Å². The maximum Gasteiger partial charge on any atom is 0.154 e. The van der Waals surface area contributed by atoms with Crippen LogP contribution in [-0.4, -0.2) is 35.6 Å². The van der Waals surface area contributed by atoms with Gasteiger partial charge in [-0.05, 0) is 24.4 Å². The highest BCUT2D eigenvalue weighted by Crippen LogP contribution is 2.18. The van der Waals surface area contributed by atoms with Gasteiger partial charge in [0.2, 0.25) is 0 Å². The van der Waals surface area contributed by atoms with Crippen molar-refractivity contribution in [2.75, 3.05) is 12.3 Å². The monoisotopic (exact) mass is 261 g/mol. The Hall–Kier alpha value is -0.530. The highest BCUT2D eigenvalue weighted by Gasteiger charge is 2.28. The smallest absolute Gasteiger partial charge is 0.154 e. The summed E-state index contributed by atoms with van der Waals surface area (Å²) in [6.07, 6.45) is 2.61. The van der Waals surface area contributed by atoms with E-state index >= 15 is 0 Å². The van der Waals surface area contributed by atoms with E-state index in [0.29, 0.717) is 18.8 Å². The van der Waals surface area contributed by atoms with Crippen molar-refractivity contribution in [1.29, 1.82) is 0 Å². The predicted octanol–water partition coefficient (Wildman–Crippen LogP) is 0.595. The van der Waals surface area contributed by atoms with Gasteiger partial charge in [0, 0.05) is 18.5 Å². The number of aromatic nitrogens is 2. The van der Waals surface area contributed by atoms with Crippen LogP contribution in [-0.2, 0) is 16.4 Å². The molecule has 2 heterocycles. The van der Waals surface area contributed by atoms with E-state index in [4.69, 9.17) is 0 Å². The Morgan fingerprint density at radius 1 is 1.50 bits per heavy atom. The number of hydrogen-bond donors (Lipinski definition) is 1. The molecule has 0 spiro atoms. The molecule has 0 aliphatic carbocycles. The van der Waals surface area contributed by atoms with Crippen LogP contribution >= 0.6 is 11.5 Å². The normalized spacial score (nSPS) is 24.4. The molecule has 16 heavy (non-hydrogen) atoms. The van der Waals surface area contributed by atoms with Gasteiger partial charge in [-0.3, -0.25) is 0 Å². The van der Waals surface area contributed by atoms with E-state index in [1.165, 1.54) is 11.5 Å². The Balaban J connectivity index is 1.81. The fourth-order valence-electron chi connectivity index (χ4n) is 1.87. The molecule has 2 rings (SSSR count). The number of hydrogen-bond acceptors (Lipinski definition) is 6. The average molecular weight is 261 g/mol. The standard InChI is InChI=1S/C9H15N3O2S2/c13-16(14)4-2-1-3-9(16)6-10-5-8-7-15-12-11-8/h7,9-10H,1-6H2/t9-/m1/s1. The van der Waals surface area contributed by atoms with Crippen LogP contribution in [0.3, 0.4) is 0 Å². The summed E-state index contributed by atoms with van der Waals surface area (Å²) in [5.74, 6) is 0.345. The largest absolute Gasteiger partial charge is 0.310 e. The van der Waals surface area contributed by atoms with Crippen LogP contribution in [0.1, 0.15) is 25.0 Å². The quantitative estimate of drug-likeness (QED) is 0.859. The molecule has 1 aliphatic heterocycles. The minimum absolute atomic E-state index is 0.215. The van der Waals surface area contributed by atoms with E-state index in [1.54, 1.807) is 0 Å². The van der Waals surface area contributed by atoms with Crippen molar-refractivity contribution in [2.24, 2.45) is 0 Å². The van der Waals surface area contributed by atoms with E-state index < -0.39 is 9.84 Å². The molecule has 0 unspecified atom stereocenters. The van der Waals surface area contributed by atoms with Gasteiger partial charge in [0.25, 0.3) is 0 Å². The molecule has 1 aliphatic rings. The molecule has 1 fully saturated rings. The van der Waals surface area contributed by atoms with Gasteiger partial charge < -0.3 is 5.32 Å². The van der Waals surface area contributed by atoms with Gasteiger partial charge in [-0.25, -0.2) is 8.42 Å². The molecule has 90 valence electrons. The van der Waals surface area contributed by atoms with E-state index in [-0.39, 0.29) is 5.25 Å². The lowest BCUT2D eigenvalue weighted by molar-refractivity contribution is 0.519. The predicted molar refractivity (Wildman–Crippen MR) is 63.0 cm³/mol. The van der Waals surface area contributed by atoms with Crippen LogP contribution in [0.4, 0.5) is 0 Å². The van der Waals surface area contributed by atoms with Gasteiger partial charge >= 0.3 is 0 Å². The fourth-order valence-corrected chi connectivity index (χ4v) is 4.16. The Morgan fingerprint density at radius 2 is 2.38 bits per heavy atom. The summed E-state index contributed by atoms with van der Waals surface area (Å²) in [4.78, 5) is 0. The summed E-state index contributed by atoms with van der Waals surface area (Å²) in [6, 6.07) is 0. The molecule has 1 N–H and O–H groups in total. The van der Waals surface area contributed by atoms with Crippen LogP contribution in [0, 0.1) is 0 Å². The number of nitrogens with one attached hydrogen (secondary N) is 1. The Kier molecular flexibility index (Phi) is 3.88. The van der Waals surface area contributed by atoms with Crippen molar-refractivity contribution in [1.82, 2.24) is 14.9 Å². The first-order valence-electron chi connectivity index (χ1n) is 5.37. The van der Waals surface area contributed by atoms with Crippen LogP contribution in [0.25, 0.3) is 0 Å². The maximum absolute atomic E-state index is 11.7. The first kappa shape index (κ1) is 11.9. The Bertz CT molecular complexity index is 416. The molecule has 0 aromatic carbocycles. The first-order valence-corrected chi connectivity index (χ1v) is 7.92. The lowest BCUT2D eigenvalue weighted by Gasteiger charge is -2.22. The van der Waals surface area contributed by atoms with Crippen LogP contribution in [0.5, 0.6) is 0 Å². The van der Waals surface area contributed by atoms with Gasteiger partial charge in [0.15, 0.2) is 9.84 Å². The molecule has 7 heteroatoms. The lowest BCUT2D eigenvalue weighted by atomic mass is 10.2. The van der Waals surface area contributed by atoms with Crippen molar-refractivity contribution in [3.05, 3.63) is 11.1 Å². The summed E-state index contributed by atoms with van der Waals surface area (Å²) in [5.41, 5.74) is 0.873. The van der Waals surface area contributed by atoms with Crippen molar-refractivity contribution >= 4 is 21.4 Å². The van der Waals surface area contributed by atoms with E-state index in [2.05, 4.69) is 14.9 Å².